The van der Waals surface area contributed by atoms with E-state index < -0.39 is 10.9 Å². The SMILES string of the molecule is CCOC(=O)N1CCc2c(sc3c(OC)ccc(C(=O)Oc4ccc([N+](=O)[O-])cc4)c23)C1. The minimum atomic E-state index is -0.570. The number of hydrogen-bond donors (Lipinski definition) is 0. The normalized spacial score (nSPS) is 12.9. The molecule has 0 saturated carbocycles. The lowest BCUT2D eigenvalue weighted by Gasteiger charge is -2.26. The number of esters is 1. The van der Waals surface area contributed by atoms with Crippen molar-refractivity contribution in [3.63, 3.8) is 0 Å². The van der Waals surface area contributed by atoms with Crippen LogP contribution >= 0.6 is 11.3 Å². The number of non-ortho nitro benzene ring substituents is 1. The fourth-order valence-corrected chi connectivity index (χ4v) is 5.06. The highest BCUT2D eigenvalue weighted by atomic mass is 32.1. The highest BCUT2D eigenvalue weighted by molar-refractivity contribution is 7.19. The van der Waals surface area contributed by atoms with Crippen LogP contribution in [0, 0.1) is 10.1 Å². The standard InChI is InChI=1S/C22H20N2O7S/c1-3-30-22(26)23-11-10-15-18(12-23)32-20-17(29-2)9-8-16(19(15)20)21(25)31-14-6-4-13(5-7-14)24(27)28/h4-9H,3,10-12H2,1-2H3. The van der Waals surface area contributed by atoms with E-state index in [0.29, 0.717) is 37.4 Å². The van der Waals surface area contributed by atoms with Crippen LogP contribution in [0.2, 0.25) is 0 Å². The molecule has 10 heteroatoms. The summed E-state index contributed by atoms with van der Waals surface area (Å²) in [6.07, 6.45) is 0.208. The molecule has 0 radical (unpaired) electrons. The maximum Gasteiger partial charge on any atom is 0.410 e. The van der Waals surface area contributed by atoms with E-state index >= 15 is 0 Å². The van der Waals surface area contributed by atoms with E-state index in [2.05, 4.69) is 0 Å². The number of fused-ring (bicyclic) bond motifs is 3. The third-order valence-electron chi connectivity index (χ3n) is 5.18. The molecular weight excluding hydrogens is 436 g/mol. The van der Waals surface area contributed by atoms with Crippen molar-refractivity contribution in [1.82, 2.24) is 4.90 Å². The van der Waals surface area contributed by atoms with E-state index in [4.69, 9.17) is 14.2 Å². The summed E-state index contributed by atoms with van der Waals surface area (Å²) in [5.74, 6) is 0.274. The summed E-state index contributed by atoms with van der Waals surface area (Å²) >= 11 is 1.48. The van der Waals surface area contributed by atoms with Gasteiger partial charge in [-0.3, -0.25) is 10.1 Å². The molecular formula is C22H20N2O7S. The van der Waals surface area contributed by atoms with E-state index in [-0.39, 0.29) is 17.5 Å². The summed E-state index contributed by atoms with van der Waals surface area (Å²) < 4.78 is 16.9. The van der Waals surface area contributed by atoms with Crippen molar-refractivity contribution in [2.45, 2.75) is 19.9 Å². The van der Waals surface area contributed by atoms with Gasteiger partial charge in [-0.2, -0.15) is 0 Å². The van der Waals surface area contributed by atoms with Gasteiger partial charge in [-0.05, 0) is 43.2 Å². The maximum absolute atomic E-state index is 13.0. The van der Waals surface area contributed by atoms with Crippen LogP contribution in [0.4, 0.5) is 10.5 Å². The molecule has 0 atom stereocenters. The zero-order valence-electron chi connectivity index (χ0n) is 17.5. The Bertz CT molecular complexity index is 1200. The van der Waals surface area contributed by atoms with Gasteiger partial charge in [0.1, 0.15) is 11.5 Å². The fraction of sp³-hybridized carbons (Fsp3) is 0.273. The Morgan fingerprint density at radius 1 is 1.19 bits per heavy atom. The molecule has 3 aromatic rings. The van der Waals surface area contributed by atoms with Crippen LogP contribution in [-0.2, 0) is 17.7 Å². The monoisotopic (exact) mass is 456 g/mol. The Morgan fingerprint density at radius 3 is 2.59 bits per heavy atom. The summed E-state index contributed by atoms with van der Waals surface area (Å²) in [5, 5.41) is 11.6. The Labute approximate surface area is 187 Å². The first-order chi connectivity index (χ1) is 15.4. The van der Waals surface area contributed by atoms with E-state index in [1.165, 1.54) is 35.6 Å². The second-order valence-electron chi connectivity index (χ2n) is 7.03. The molecule has 1 aliphatic rings. The minimum absolute atomic E-state index is 0.0882. The average Bonchev–Trinajstić information content (AvgIpc) is 3.17. The van der Waals surface area contributed by atoms with Crippen LogP contribution in [0.5, 0.6) is 11.5 Å². The minimum Gasteiger partial charge on any atom is -0.495 e. The van der Waals surface area contributed by atoms with Crippen LogP contribution in [0.25, 0.3) is 10.1 Å². The first-order valence-corrected chi connectivity index (χ1v) is 10.7. The third-order valence-corrected chi connectivity index (χ3v) is 6.41. The number of thiophene rings is 1. The Hall–Kier alpha value is -3.66. The number of nitrogens with zero attached hydrogens (tertiary/aromatic N) is 2. The van der Waals surface area contributed by atoms with Gasteiger partial charge in [-0.15, -0.1) is 11.3 Å². The van der Waals surface area contributed by atoms with Gasteiger partial charge < -0.3 is 19.1 Å². The number of benzene rings is 2. The molecule has 4 rings (SSSR count). The lowest BCUT2D eigenvalue weighted by atomic mass is 9.99. The number of carbonyl (C=O) groups excluding carboxylic acids is 2. The quantitative estimate of drug-likeness (QED) is 0.240. The number of nitro groups is 1. The molecule has 2 aromatic carbocycles. The van der Waals surface area contributed by atoms with Gasteiger partial charge in [0.15, 0.2) is 0 Å². The molecule has 1 aromatic heterocycles. The van der Waals surface area contributed by atoms with E-state index in [0.717, 1.165) is 20.5 Å². The maximum atomic E-state index is 13.0. The molecule has 0 N–H and O–H groups in total. The first-order valence-electron chi connectivity index (χ1n) is 9.92. The Balaban J connectivity index is 1.69. The molecule has 0 spiro atoms. The van der Waals surface area contributed by atoms with Crippen LogP contribution < -0.4 is 9.47 Å². The van der Waals surface area contributed by atoms with Crippen LogP contribution in [0.1, 0.15) is 27.7 Å². The number of rotatable bonds is 5. The van der Waals surface area contributed by atoms with Gasteiger partial charge in [0, 0.05) is 28.9 Å². The number of hydrogen-bond acceptors (Lipinski definition) is 8. The van der Waals surface area contributed by atoms with Crippen molar-refractivity contribution in [2.75, 3.05) is 20.3 Å². The van der Waals surface area contributed by atoms with Gasteiger partial charge in [-0.25, -0.2) is 9.59 Å². The number of ether oxygens (including phenoxy) is 3. The third kappa shape index (κ3) is 3.96. The fourth-order valence-electron chi connectivity index (χ4n) is 3.68. The second-order valence-corrected chi connectivity index (χ2v) is 8.14. The summed E-state index contributed by atoms with van der Waals surface area (Å²) in [4.78, 5) is 38.1. The molecule has 1 aliphatic heterocycles. The van der Waals surface area contributed by atoms with E-state index in [1.807, 2.05) is 0 Å². The number of carbonyl (C=O) groups is 2. The van der Waals surface area contributed by atoms with Gasteiger partial charge in [0.05, 0.1) is 35.4 Å². The largest absolute Gasteiger partial charge is 0.495 e. The number of nitro benzene ring substituents is 1. The predicted molar refractivity (Wildman–Crippen MR) is 118 cm³/mol. The van der Waals surface area contributed by atoms with Gasteiger partial charge in [-0.1, -0.05) is 0 Å². The van der Waals surface area contributed by atoms with E-state index in [1.54, 1.807) is 31.1 Å². The van der Waals surface area contributed by atoms with Crippen molar-refractivity contribution >= 4 is 39.2 Å². The highest BCUT2D eigenvalue weighted by Gasteiger charge is 2.29. The Kier molecular flexibility index (Phi) is 5.95. The van der Waals surface area contributed by atoms with Crippen molar-refractivity contribution in [1.29, 1.82) is 0 Å². The summed E-state index contributed by atoms with van der Waals surface area (Å²) in [6, 6.07) is 8.69. The smallest absolute Gasteiger partial charge is 0.410 e. The van der Waals surface area contributed by atoms with Crippen LogP contribution in [0.3, 0.4) is 0 Å². The van der Waals surface area contributed by atoms with Crippen molar-refractivity contribution in [3.05, 3.63) is 62.5 Å². The van der Waals surface area contributed by atoms with Crippen molar-refractivity contribution < 1.29 is 28.7 Å². The van der Waals surface area contributed by atoms with Gasteiger partial charge >= 0.3 is 12.1 Å². The summed E-state index contributed by atoms with van der Waals surface area (Å²) in [7, 11) is 1.56. The lowest BCUT2D eigenvalue weighted by Crippen LogP contribution is -2.35. The predicted octanol–water partition coefficient (Wildman–Crippen LogP) is 4.55. The molecule has 32 heavy (non-hydrogen) atoms. The summed E-state index contributed by atoms with van der Waals surface area (Å²) in [5.41, 5.74) is 1.27. The van der Waals surface area contributed by atoms with Gasteiger partial charge in [0.2, 0.25) is 0 Å². The van der Waals surface area contributed by atoms with E-state index in [9.17, 15) is 19.7 Å². The zero-order valence-corrected chi connectivity index (χ0v) is 18.3. The first kappa shape index (κ1) is 21.6. The molecule has 1 amide bonds. The molecule has 0 fully saturated rings. The zero-order chi connectivity index (χ0) is 22.8. The second kappa shape index (κ2) is 8.83. The molecule has 9 nitrogen and oxygen atoms in total. The number of methoxy groups -OCH3 is 1. The van der Waals surface area contributed by atoms with Gasteiger partial charge in [0.25, 0.3) is 5.69 Å². The van der Waals surface area contributed by atoms with Crippen molar-refractivity contribution in [3.8, 4) is 11.5 Å². The molecule has 0 unspecified atom stereocenters. The van der Waals surface area contributed by atoms with Crippen LogP contribution in [-0.4, -0.2) is 42.1 Å². The average molecular weight is 456 g/mol. The topological polar surface area (TPSA) is 108 Å². The summed E-state index contributed by atoms with van der Waals surface area (Å²) in [6.45, 7) is 2.95. The molecule has 0 aliphatic carbocycles. The highest BCUT2D eigenvalue weighted by Crippen LogP contribution is 2.42. The molecule has 166 valence electrons. The number of amides is 1. The lowest BCUT2D eigenvalue weighted by molar-refractivity contribution is -0.384. The van der Waals surface area contributed by atoms with Crippen LogP contribution in [0.15, 0.2) is 36.4 Å². The molecule has 2 heterocycles. The van der Waals surface area contributed by atoms with Crippen molar-refractivity contribution in [2.24, 2.45) is 0 Å². The molecule has 0 saturated heterocycles. The Morgan fingerprint density at radius 2 is 1.94 bits per heavy atom. The molecule has 0 bridgehead atoms.